The Hall–Kier alpha value is -2.55. The van der Waals surface area contributed by atoms with Gasteiger partial charge in [0.2, 0.25) is 17.7 Å². The van der Waals surface area contributed by atoms with E-state index in [9.17, 15) is 14.4 Å². The Balaban J connectivity index is 1.36. The van der Waals surface area contributed by atoms with Gasteiger partial charge in [0.25, 0.3) is 0 Å². The van der Waals surface area contributed by atoms with E-state index in [2.05, 4.69) is 4.90 Å². The number of carbonyl (C=O) groups is 3. The SMILES string of the molecule is Cc1nc(C2CCN(C(=O)C3CCCN(CCC(N)=O)C3)CC2)nc2c1CCC(=O)N2C. The normalized spacial score (nSPS) is 22.7. The second-order valence-corrected chi connectivity index (χ2v) is 9.38. The van der Waals surface area contributed by atoms with E-state index in [0.717, 1.165) is 55.1 Å². The van der Waals surface area contributed by atoms with Crippen molar-refractivity contribution in [3.8, 4) is 0 Å². The highest BCUT2D eigenvalue weighted by atomic mass is 16.2. The van der Waals surface area contributed by atoms with Gasteiger partial charge in [0, 0.05) is 63.2 Å². The average Bonchev–Trinajstić information content (AvgIpc) is 2.80. The van der Waals surface area contributed by atoms with Crippen molar-refractivity contribution < 1.29 is 14.4 Å². The zero-order valence-electron chi connectivity index (χ0n) is 19.2. The van der Waals surface area contributed by atoms with Gasteiger partial charge in [-0.15, -0.1) is 0 Å². The van der Waals surface area contributed by atoms with Crippen molar-refractivity contribution in [3.05, 3.63) is 17.1 Å². The van der Waals surface area contributed by atoms with Crippen molar-refractivity contribution in [2.45, 2.75) is 57.8 Å². The van der Waals surface area contributed by atoms with Gasteiger partial charge >= 0.3 is 0 Å². The highest BCUT2D eigenvalue weighted by molar-refractivity contribution is 5.94. The number of nitrogens with zero attached hydrogens (tertiary/aromatic N) is 5. The number of hydrogen-bond donors (Lipinski definition) is 1. The highest BCUT2D eigenvalue weighted by Gasteiger charge is 2.33. The molecule has 3 aliphatic rings. The summed E-state index contributed by atoms with van der Waals surface area (Å²) in [6.45, 7) is 5.67. The first-order valence-corrected chi connectivity index (χ1v) is 11.8. The maximum atomic E-state index is 13.1. The maximum Gasteiger partial charge on any atom is 0.228 e. The van der Waals surface area contributed by atoms with E-state index in [0.29, 0.717) is 45.4 Å². The molecule has 2 saturated heterocycles. The van der Waals surface area contributed by atoms with Crippen LogP contribution in [0.3, 0.4) is 0 Å². The van der Waals surface area contributed by atoms with Crippen LogP contribution in [0.15, 0.2) is 0 Å². The number of aryl methyl sites for hydroxylation is 1. The number of nitrogens with two attached hydrogens (primary N) is 1. The van der Waals surface area contributed by atoms with E-state index in [4.69, 9.17) is 15.7 Å². The van der Waals surface area contributed by atoms with E-state index < -0.39 is 0 Å². The molecule has 4 heterocycles. The minimum absolute atomic E-state index is 0.00456. The topological polar surface area (TPSA) is 113 Å². The fourth-order valence-electron chi connectivity index (χ4n) is 5.22. The standard InChI is InChI=1S/C23H34N6O3/c1-15-18-5-6-20(31)27(2)22(18)26-21(25-15)16-7-12-29(13-8-16)23(32)17-4-3-10-28(14-17)11-9-19(24)30/h16-17H,3-14H2,1-2H3,(H2,24,30). The van der Waals surface area contributed by atoms with Crippen molar-refractivity contribution in [1.29, 1.82) is 0 Å². The molecular weight excluding hydrogens is 408 g/mol. The minimum Gasteiger partial charge on any atom is -0.370 e. The van der Waals surface area contributed by atoms with Gasteiger partial charge in [-0.2, -0.15) is 0 Å². The van der Waals surface area contributed by atoms with Crippen LogP contribution in [0.5, 0.6) is 0 Å². The van der Waals surface area contributed by atoms with Crippen molar-refractivity contribution in [2.24, 2.45) is 11.7 Å². The van der Waals surface area contributed by atoms with Crippen LogP contribution in [0.2, 0.25) is 0 Å². The Morgan fingerprint density at radius 2 is 1.84 bits per heavy atom. The summed E-state index contributed by atoms with van der Waals surface area (Å²) in [7, 11) is 1.79. The molecule has 3 aliphatic heterocycles. The predicted molar refractivity (Wildman–Crippen MR) is 120 cm³/mol. The summed E-state index contributed by atoms with van der Waals surface area (Å²) in [6.07, 6.45) is 5.09. The Kier molecular flexibility index (Phi) is 6.74. The monoisotopic (exact) mass is 442 g/mol. The van der Waals surface area contributed by atoms with Gasteiger partial charge in [0.1, 0.15) is 11.6 Å². The number of primary amides is 1. The Labute approximate surface area is 189 Å². The van der Waals surface area contributed by atoms with Crippen LogP contribution in [0, 0.1) is 12.8 Å². The molecule has 2 fully saturated rings. The molecule has 9 nitrogen and oxygen atoms in total. The molecule has 174 valence electrons. The highest BCUT2D eigenvalue weighted by Crippen LogP contribution is 2.32. The lowest BCUT2D eigenvalue weighted by Gasteiger charge is -2.37. The number of anilines is 1. The molecule has 32 heavy (non-hydrogen) atoms. The van der Waals surface area contributed by atoms with Gasteiger partial charge in [0.15, 0.2) is 0 Å². The lowest BCUT2D eigenvalue weighted by atomic mass is 9.92. The van der Waals surface area contributed by atoms with E-state index in [-0.39, 0.29) is 29.6 Å². The molecule has 1 aromatic rings. The third-order valence-electron chi connectivity index (χ3n) is 7.19. The maximum absolute atomic E-state index is 13.1. The lowest BCUT2D eigenvalue weighted by Crippen LogP contribution is -2.47. The second kappa shape index (κ2) is 9.52. The third kappa shape index (κ3) is 4.77. The Bertz CT molecular complexity index is 896. The first-order chi connectivity index (χ1) is 15.3. The molecule has 1 aromatic heterocycles. The number of amides is 3. The number of carbonyl (C=O) groups excluding carboxylic acids is 3. The van der Waals surface area contributed by atoms with Crippen molar-refractivity contribution >= 4 is 23.5 Å². The Morgan fingerprint density at radius 1 is 1.09 bits per heavy atom. The van der Waals surface area contributed by atoms with Gasteiger partial charge in [-0.3, -0.25) is 19.3 Å². The van der Waals surface area contributed by atoms with Crippen molar-refractivity contribution in [1.82, 2.24) is 19.8 Å². The van der Waals surface area contributed by atoms with Gasteiger partial charge in [0.05, 0.1) is 5.92 Å². The number of aromatic nitrogens is 2. The van der Waals surface area contributed by atoms with Crippen molar-refractivity contribution in [3.63, 3.8) is 0 Å². The third-order valence-corrected chi connectivity index (χ3v) is 7.19. The smallest absolute Gasteiger partial charge is 0.228 e. The number of likely N-dealkylation sites (tertiary alicyclic amines) is 2. The number of fused-ring (bicyclic) bond motifs is 1. The minimum atomic E-state index is -0.296. The summed E-state index contributed by atoms with van der Waals surface area (Å²) in [6, 6.07) is 0. The average molecular weight is 443 g/mol. The summed E-state index contributed by atoms with van der Waals surface area (Å²) in [5.41, 5.74) is 7.30. The molecule has 0 bridgehead atoms. The molecule has 0 aromatic carbocycles. The summed E-state index contributed by atoms with van der Waals surface area (Å²) in [5.74, 6) is 1.77. The molecule has 4 rings (SSSR count). The molecule has 0 saturated carbocycles. The van der Waals surface area contributed by atoms with Gasteiger partial charge in [-0.25, -0.2) is 9.97 Å². The molecule has 9 heteroatoms. The van der Waals surface area contributed by atoms with Gasteiger partial charge in [-0.05, 0) is 45.6 Å². The van der Waals surface area contributed by atoms with E-state index in [1.165, 1.54) is 0 Å². The first-order valence-electron chi connectivity index (χ1n) is 11.8. The van der Waals surface area contributed by atoms with Gasteiger partial charge < -0.3 is 15.5 Å². The van der Waals surface area contributed by atoms with E-state index in [1.807, 2.05) is 11.8 Å². The molecule has 1 atom stereocenters. The quantitative estimate of drug-likeness (QED) is 0.728. The molecule has 0 aliphatic carbocycles. The number of piperidine rings is 2. The predicted octanol–water partition coefficient (Wildman–Crippen LogP) is 0.987. The summed E-state index contributed by atoms with van der Waals surface area (Å²) < 4.78 is 0. The van der Waals surface area contributed by atoms with Crippen LogP contribution in [0.4, 0.5) is 5.82 Å². The molecule has 3 amide bonds. The molecular formula is C23H34N6O3. The lowest BCUT2D eigenvalue weighted by molar-refractivity contribution is -0.138. The second-order valence-electron chi connectivity index (χ2n) is 9.38. The summed E-state index contributed by atoms with van der Waals surface area (Å²) in [5, 5.41) is 0. The fraction of sp³-hybridized carbons (Fsp3) is 0.696. The number of hydrogen-bond acceptors (Lipinski definition) is 6. The zero-order valence-corrected chi connectivity index (χ0v) is 19.2. The van der Waals surface area contributed by atoms with Crippen LogP contribution in [0.1, 0.15) is 61.5 Å². The van der Waals surface area contributed by atoms with E-state index in [1.54, 1.807) is 11.9 Å². The first kappa shape index (κ1) is 22.6. The number of rotatable bonds is 5. The van der Waals surface area contributed by atoms with Crippen LogP contribution >= 0.6 is 0 Å². The zero-order chi connectivity index (χ0) is 22.8. The summed E-state index contributed by atoms with van der Waals surface area (Å²) in [4.78, 5) is 51.7. The van der Waals surface area contributed by atoms with Gasteiger partial charge in [-0.1, -0.05) is 0 Å². The van der Waals surface area contributed by atoms with Crippen LogP contribution in [-0.4, -0.2) is 77.3 Å². The van der Waals surface area contributed by atoms with Crippen LogP contribution in [0.25, 0.3) is 0 Å². The Morgan fingerprint density at radius 3 is 2.56 bits per heavy atom. The molecule has 0 spiro atoms. The molecule has 2 N–H and O–H groups in total. The van der Waals surface area contributed by atoms with Crippen molar-refractivity contribution in [2.75, 3.05) is 44.7 Å². The molecule has 0 radical (unpaired) electrons. The van der Waals surface area contributed by atoms with Crippen LogP contribution in [-0.2, 0) is 20.8 Å². The fourth-order valence-corrected chi connectivity index (χ4v) is 5.22. The summed E-state index contributed by atoms with van der Waals surface area (Å²) >= 11 is 0. The molecule has 1 unspecified atom stereocenters. The van der Waals surface area contributed by atoms with E-state index >= 15 is 0 Å². The largest absolute Gasteiger partial charge is 0.370 e. The van der Waals surface area contributed by atoms with Crippen LogP contribution < -0.4 is 10.6 Å².